The Bertz CT molecular complexity index is 1850. The standard InChI is InChI=1S/C27H29F2NO4.C11H11F4NO/c1-33-23-11-9-19(17-30-15-13-27(28,29)14-16-30)26(34-2)25(23)22-8-4-6-20-18(10-12-24(31)32)5-3-7-21(20)22;1-6-3-8(17-5-11(13,14)15)4-9(12)10(6)7(2)16/h3-9,11H,10,12-17H2,1-2H3,(H,31,32);3-4H,2,5,16H2,1H3. The molecular weight excluding hydrogens is 678 g/mol. The summed E-state index contributed by atoms with van der Waals surface area (Å²) in [5.41, 5.74) is 9.40. The number of benzene rings is 4. The third kappa shape index (κ3) is 10.1. The smallest absolute Gasteiger partial charge is 0.422 e. The van der Waals surface area contributed by atoms with Crippen LogP contribution in [0.1, 0.15) is 41.5 Å². The molecule has 0 bridgehead atoms. The zero-order chi connectivity index (χ0) is 37.5. The number of hydrogen-bond donors (Lipinski definition) is 2. The van der Waals surface area contributed by atoms with Crippen LogP contribution < -0.4 is 19.9 Å². The van der Waals surface area contributed by atoms with Gasteiger partial charge in [0, 0.05) is 61.8 Å². The van der Waals surface area contributed by atoms with Crippen molar-refractivity contribution >= 4 is 22.4 Å². The van der Waals surface area contributed by atoms with Crippen LogP contribution in [0, 0.1) is 12.7 Å². The third-order valence-electron chi connectivity index (χ3n) is 8.48. The number of ether oxygens (including phenoxy) is 3. The number of aryl methyl sites for hydroxylation is 2. The van der Waals surface area contributed by atoms with E-state index in [1.54, 1.807) is 14.2 Å². The lowest BCUT2D eigenvalue weighted by Crippen LogP contribution is -2.38. The average molecular weight is 719 g/mol. The molecule has 7 nitrogen and oxygen atoms in total. The Balaban J connectivity index is 0.000000289. The Morgan fingerprint density at radius 2 is 1.65 bits per heavy atom. The Kier molecular flexibility index (Phi) is 12.5. The summed E-state index contributed by atoms with van der Waals surface area (Å²) in [6.45, 7) is 4.60. The largest absolute Gasteiger partial charge is 0.496 e. The number of carboxylic acids is 1. The van der Waals surface area contributed by atoms with Crippen molar-refractivity contribution < 1.29 is 50.5 Å². The molecule has 1 saturated heterocycles. The zero-order valence-corrected chi connectivity index (χ0v) is 28.5. The monoisotopic (exact) mass is 718 g/mol. The summed E-state index contributed by atoms with van der Waals surface area (Å²) in [6.07, 6.45) is -4.24. The number of nitrogens with zero attached hydrogens (tertiary/aromatic N) is 1. The van der Waals surface area contributed by atoms with Gasteiger partial charge in [-0.1, -0.05) is 49.0 Å². The van der Waals surface area contributed by atoms with E-state index in [1.165, 1.54) is 13.0 Å². The normalized spacial score (nSPS) is 14.4. The molecule has 1 heterocycles. The second kappa shape index (κ2) is 16.4. The molecule has 51 heavy (non-hydrogen) atoms. The number of aliphatic carboxylic acids is 1. The zero-order valence-electron chi connectivity index (χ0n) is 28.5. The molecule has 0 aliphatic carbocycles. The lowest BCUT2D eigenvalue weighted by Gasteiger charge is -2.32. The molecule has 4 aromatic carbocycles. The van der Waals surface area contributed by atoms with Crippen molar-refractivity contribution in [2.75, 3.05) is 33.9 Å². The molecule has 4 aromatic rings. The third-order valence-corrected chi connectivity index (χ3v) is 8.48. The second-order valence-electron chi connectivity index (χ2n) is 12.2. The quantitative estimate of drug-likeness (QED) is 0.150. The lowest BCUT2D eigenvalue weighted by atomic mass is 9.92. The van der Waals surface area contributed by atoms with Crippen LogP contribution in [0.3, 0.4) is 0 Å². The Morgan fingerprint density at radius 3 is 2.24 bits per heavy atom. The molecule has 274 valence electrons. The summed E-state index contributed by atoms with van der Waals surface area (Å²) < 4.78 is 92.4. The first-order valence-electron chi connectivity index (χ1n) is 16.0. The average Bonchev–Trinajstić information content (AvgIpc) is 3.06. The van der Waals surface area contributed by atoms with Crippen molar-refractivity contribution in [3.8, 4) is 28.4 Å². The van der Waals surface area contributed by atoms with Gasteiger partial charge >= 0.3 is 12.1 Å². The van der Waals surface area contributed by atoms with E-state index >= 15 is 0 Å². The van der Waals surface area contributed by atoms with Crippen LogP contribution in [0.25, 0.3) is 27.6 Å². The molecule has 0 atom stereocenters. The number of carbonyl (C=O) groups is 1. The predicted molar refractivity (Wildman–Crippen MR) is 184 cm³/mol. The number of alkyl halides is 5. The highest BCUT2D eigenvalue weighted by atomic mass is 19.4. The molecule has 0 spiro atoms. The fraction of sp³-hybridized carbons (Fsp3) is 0.342. The van der Waals surface area contributed by atoms with E-state index in [2.05, 4.69) is 11.3 Å². The molecule has 1 aliphatic rings. The first kappa shape index (κ1) is 38.9. The number of carboxylic acid groups (broad SMARTS) is 1. The second-order valence-corrected chi connectivity index (χ2v) is 12.2. The van der Waals surface area contributed by atoms with E-state index in [4.69, 9.17) is 20.3 Å². The highest BCUT2D eigenvalue weighted by Gasteiger charge is 2.34. The van der Waals surface area contributed by atoms with Gasteiger partial charge in [-0.15, -0.1) is 0 Å². The molecule has 0 radical (unpaired) electrons. The summed E-state index contributed by atoms with van der Waals surface area (Å²) in [5.74, 6) is -3.07. The number of methoxy groups -OCH3 is 2. The SMILES string of the molecule is C=C(N)c1c(C)cc(OCC(F)(F)F)cc1F.COc1ccc(CN2CCC(F)(F)CC2)c(OC)c1-c1cccc2c(CCC(=O)O)cccc12. The minimum absolute atomic E-state index is 0.0161. The molecule has 5 rings (SSSR count). The van der Waals surface area contributed by atoms with E-state index in [9.17, 15) is 31.1 Å². The fourth-order valence-corrected chi connectivity index (χ4v) is 6.09. The van der Waals surface area contributed by atoms with E-state index in [1.807, 2.05) is 53.4 Å². The van der Waals surface area contributed by atoms with Gasteiger partial charge in [0.05, 0.1) is 19.8 Å². The van der Waals surface area contributed by atoms with Crippen molar-refractivity contribution in [1.29, 1.82) is 0 Å². The number of nitrogens with two attached hydrogens (primary N) is 1. The van der Waals surface area contributed by atoms with Gasteiger partial charge in [-0.3, -0.25) is 9.69 Å². The van der Waals surface area contributed by atoms with E-state index in [0.29, 0.717) is 43.1 Å². The van der Waals surface area contributed by atoms with Gasteiger partial charge in [-0.25, -0.2) is 13.2 Å². The van der Waals surface area contributed by atoms with E-state index in [-0.39, 0.29) is 36.3 Å². The van der Waals surface area contributed by atoms with E-state index < -0.39 is 30.5 Å². The highest BCUT2D eigenvalue weighted by Crippen LogP contribution is 2.44. The van der Waals surface area contributed by atoms with Crippen LogP contribution in [0.2, 0.25) is 0 Å². The summed E-state index contributed by atoms with van der Waals surface area (Å²) in [7, 11) is 3.21. The number of halogens is 6. The molecule has 0 unspecified atom stereocenters. The topological polar surface area (TPSA) is 94.3 Å². The van der Waals surface area contributed by atoms with Gasteiger partial charge in [-0.2, -0.15) is 13.2 Å². The van der Waals surface area contributed by atoms with Gasteiger partial charge in [0.2, 0.25) is 0 Å². The van der Waals surface area contributed by atoms with Crippen molar-refractivity contribution in [3.63, 3.8) is 0 Å². The van der Waals surface area contributed by atoms with E-state index in [0.717, 1.165) is 39.1 Å². The van der Waals surface area contributed by atoms with Crippen molar-refractivity contribution in [1.82, 2.24) is 4.90 Å². The number of fused-ring (bicyclic) bond motifs is 1. The Labute approximate surface area is 292 Å². The summed E-state index contributed by atoms with van der Waals surface area (Å²) in [4.78, 5) is 13.1. The van der Waals surface area contributed by atoms with Crippen LogP contribution in [-0.4, -0.2) is 62.0 Å². The van der Waals surface area contributed by atoms with Crippen LogP contribution in [-0.2, 0) is 17.8 Å². The van der Waals surface area contributed by atoms with Gasteiger partial charge < -0.3 is 25.1 Å². The first-order valence-corrected chi connectivity index (χ1v) is 16.0. The Hall–Kier alpha value is -4.91. The van der Waals surface area contributed by atoms with Gasteiger partial charge in [0.15, 0.2) is 6.61 Å². The number of hydrogen-bond acceptors (Lipinski definition) is 6. The maximum Gasteiger partial charge on any atom is 0.422 e. The number of piperidine rings is 1. The maximum atomic E-state index is 13.6. The van der Waals surface area contributed by atoms with Crippen LogP contribution in [0.5, 0.6) is 17.2 Å². The summed E-state index contributed by atoms with van der Waals surface area (Å²) >= 11 is 0. The molecule has 13 heteroatoms. The summed E-state index contributed by atoms with van der Waals surface area (Å²) in [5, 5.41) is 11.1. The first-order chi connectivity index (χ1) is 24.0. The van der Waals surface area contributed by atoms with Crippen LogP contribution in [0.15, 0.2) is 67.2 Å². The minimum Gasteiger partial charge on any atom is -0.496 e. The van der Waals surface area contributed by atoms with Gasteiger partial charge in [0.25, 0.3) is 5.92 Å². The van der Waals surface area contributed by atoms with Gasteiger partial charge in [-0.05, 0) is 52.9 Å². The molecule has 0 saturated carbocycles. The molecule has 3 N–H and O–H groups in total. The number of rotatable bonds is 11. The molecule has 1 aliphatic heterocycles. The fourth-order valence-electron chi connectivity index (χ4n) is 6.09. The summed E-state index contributed by atoms with van der Waals surface area (Å²) in [6, 6.07) is 17.8. The molecule has 0 aromatic heterocycles. The van der Waals surface area contributed by atoms with Crippen LogP contribution >= 0.6 is 0 Å². The maximum absolute atomic E-state index is 13.6. The molecule has 0 amide bonds. The highest BCUT2D eigenvalue weighted by molar-refractivity contribution is 6.01. The van der Waals surface area contributed by atoms with Crippen LogP contribution in [0.4, 0.5) is 26.3 Å². The Morgan fingerprint density at radius 1 is 0.980 bits per heavy atom. The number of likely N-dealkylation sites (tertiary alicyclic amines) is 1. The lowest BCUT2D eigenvalue weighted by molar-refractivity contribution is -0.153. The van der Waals surface area contributed by atoms with Gasteiger partial charge in [0.1, 0.15) is 23.1 Å². The van der Waals surface area contributed by atoms with Crippen molar-refractivity contribution in [2.24, 2.45) is 5.73 Å². The van der Waals surface area contributed by atoms with Crippen molar-refractivity contribution in [3.05, 3.63) is 95.3 Å². The predicted octanol–water partition coefficient (Wildman–Crippen LogP) is 8.78. The minimum atomic E-state index is -4.46. The molecular formula is C38H40F6N2O5. The molecule has 1 fully saturated rings. The van der Waals surface area contributed by atoms with Crippen molar-refractivity contribution in [2.45, 2.75) is 51.3 Å².